The van der Waals surface area contributed by atoms with Crippen LogP contribution >= 0.6 is 0 Å². The lowest BCUT2D eigenvalue weighted by Crippen LogP contribution is -2.23. The monoisotopic (exact) mass is 250 g/mol. The third-order valence-corrected chi connectivity index (χ3v) is 2.84. The van der Waals surface area contributed by atoms with Gasteiger partial charge in [-0.1, -0.05) is 24.3 Å². The summed E-state index contributed by atoms with van der Waals surface area (Å²) in [5.74, 6) is -0.119. The van der Waals surface area contributed by atoms with E-state index >= 15 is 0 Å². The highest BCUT2D eigenvalue weighted by molar-refractivity contribution is 6.00. The number of hydrogen-bond donors (Lipinski definition) is 0. The van der Waals surface area contributed by atoms with Crippen LogP contribution in [0.15, 0.2) is 48.5 Å². The summed E-state index contributed by atoms with van der Waals surface area (Å²) in [6, 6.07) is 17.0. The average molecular weight is 250 g/mol. The second-order valence-electron chi connectivity index (χ2n) is 4.32. The average Bonchev–Trinajstić information content (AvgIpc) is 2.41. The number of nitriles is 1. The summed E-state index contributed by atoms with van der Waals surface area (Å²) in [5.41, 5.74) is 2.87. The van der Waals surface area contributed by atoms with Crippen LogP contribution in [0.25, 0.3) is 0 Å². The van der Waals surface area contributed by atoms with Crippen molar-refractivity contribution in [1.82, 2.24) is 0 Å². The molecule has 2 aromatic rings. The number of para-hydroxylation sites is 1. The van der Waals surface area contributed by atoms with E-state index in [4.69, 9.17) is 0 Å². The molecule has 0 aromatic heterocycles. The summed E-state index contributed by atoms with van der Waals surface area (Å²) in [6.07, 6.45) is 0. The number of anilines is 2. The number of amides is 1. The lowest BCUT2D eigenvalue weighted by Gasteiger charge is -2.22. The lowest BCUT2D eigenvalue weighted by molar-refractivity contribution is -0.115. The zero-order valence-corrected chi connectivity index (χ0v) is 10.9. The predicted octanol–water partition coefficient (Wildman–Crippen LogP) is 3.55. The van der Waals surface area contributed by atoms with Crippen LogP contribution in [0.1, 0.15) is 18.1 Å². The van der Waals surface area contributed by atoms with Crippen molar-refractivity contribution < 1.29 is 4.79 Å². The first kappa shape index (κ1) is 12.8. The minimum atomic E-state index is -0.119. The van der Waals surface area contributed by atoms with E-state index in [0.717, 1.165) is 11.3 Å². The third kappa shape index (κ3) is 2.63. The molecule has 0 heterocycles. The fourth-order valence-electron chi connectivity index (χ4n) is 2.00. The van der Waals surface area contributed by atoms with Gasteiger partial charge in [-0.25, -0.2) is 0 Å². The van der Waals surface area contributed by atoms with E-state index in [1.165, 1.54) is 6.92 Å². The van der Waals surface area contributed by atoms with E-state index in [0.29, 0.717) is 11.3 Å². The number of carbonyl (C=O) groups excluding carboxylic acids is 1. The smallest absolute Gasteiger partial charge is 0.228 e. The molecule has 0 saturated heterocycles. The first-order chi connectivity index (χ1) is 9.13. The van der Waals surface area contributed by atoms with Crippen molar-refractivity contribution in [1.29, 1.82) is 5.26 Å². The maximum Gasteiger partial charge on any atom is 0.228 e. The molecule has 0 unspecified atom stereocenters. The number of hydrogen-bond acceptors (Lipinski definition) is 2. The van der Waals surface area contributed by atoms with Gasteiger partial charge in [0.2, 0.25) is 5.91 Å². The highest BCUT2D eigenvalue weighted by Gasteiger charge is 2.17. The fraction of sp³-hybridized carbons (Fsp3) is 0.125. The molecule has 3 heteroatoms. The van der Waals surface area contributed by atoms with Gasteiger partial charge in [0.25, 0.3) is 0 Å². The third-order valence-electron chi connectivity index (χ3n) is 2.84. The Kier molecular flexibility index (Phi) is 3.63. The molecular weight excluding hydrogens is 236 g/mol. The quantitative estimate of drug-likeness (QED) is 0.818. The zero-order chi connectivity index (χ0) is 13.8. The first-order valence-corrected chi connectivity index (χ1v) is 6.00. The minimum Gasteiger partial charge on any atom is -0.280 e. The Balaban J connectivity index is 2.59. The SMILES string of the molecule is CC(=O)N(c1ccccc1)c1ccc(C)cc1C#N. The molecule has 0 radical (unpaired) electrons. The summed E-state index contributed by atoms with van der Waals surface area (Å²) in [7, 11) is 0. The highest BCUT2D eigenvalue weighted by atomic mass is 16.2. The summed E-state index contributed by atoms with van der Waals surface area (Å²) in [6.45, 7) is 3.42. The van der Waals surface area contributed by atoms with Gasteiger partial charge in [-0.15, -0.1) is 0 Å². The van der Waals surface area contributed by atoms with Crippen molar-refractivity contribution in [3.63, 3.8) is 0 Å². The van der Waals surface area contributed by atoms with Crippen molar-refractivity contribution >= 4 is 17.3 Å². The maximum absolute atomic E-state index is 11.9. The van der Waals surface area contributed by atoms with E-state index in [-0.39, 0.29) is 5.91 Å². The molecule has 0 N–H and O–H groups in total. The second kappa shape index (κ2) is 5.36. The van der Waals surface area contributed by atoms with E-state index in [9.17, 15) is 10.1 Å². The Hall–Kier alpha value is -2.60. The van der Waals surface area contributed by atoms with Gasteiger partial charge in [-0.3, -0.25) is 9.69 Å². The molecular formula is C16H14N2O. The lowest BCUT2D eigenvalue weighted by atomic mass is 10.1. The molecule has 0 aliphatic rings. The van der Waals surface area contributed by atoms with Crippen LogP contribution < -0.4 is 4.90 Å². The second-order valence-corrected chi connectivity index (χ2v) is 4.32. The molecule has 0 atom stereocenters. The van der Waals surface area contributed by atoms with E-state index in [1.54, 1.807) is 11.0 Å². The molecule has 19 heavy (non-hydrogen) atoms. The van der Waals surface area contributed by atoms with Crippen LogP contribution in [0.5, 0.6) is 0 Å². The van der Waals surface area contributed by atoms with E-state index in [2.05, 4.69) is 6.07 Å². The predicted molar refractivity (Wildman–Crippen MR) is 75.2 cm³/mol. The van der Waals surface area contributed by atoms with Crippen LogP contribution in [-0.2, 0) is 4.79 Å². The zero-order valence-electron chi connectivity index (χ0n) is 10.9. The van der Waals surface area contributed by atoms with Crippen LogP contribution in [0.2, 0.25) is 0 Å². The number of aryl methyl sites for hydroxylation is 1. The Morgan fingerprint density at radius 1 is 1.16 bits per heavy atom. The van der Waals surface area contributed by atoms with Crippen molar-refractivity contribution in [3.8, 4) is 6.07 Å². The Labute approximate surface area is 112 Å². The normalized spacial score (nSPS) is 9.74. The van der Waals surface area contributed by atoms with Crippen LogP contribution in [0, 0.1) is 18.3 Å². The molecule has 0 aliphatic heterocycles. The molecule has 94 valence electrons. The van der Waals surface area contributed by atoms with Crippen molar-refractivity contribution in [2.45, 2.75) is 13.8 Å². The minimum absolute atomic E-state index is 0.119. The van der Waals surface area contributed by atoms with Crippen molar-refractivity contribution in [2.24, 2.45) is 0 Å². The number of carbonyl (C=O) groups is 1. The highest BCUT2D eigenvalue weighted by Crippen LogP contribution is 2.29. The first-order valence-electron chi connectivity index (χ1n) is 6.00. The number of rotatable bonds is 2. The van der Waals surface area contributed by atoms with Crippen molar-refractivity contribution in [2.75, 3.05) is 4.90 Å². The van der Waals surface area contributed by atoms with Gasteiger partial charge in [-0.05, 0) is 36.8 Å². The van der Waals surface area contributed by atoms with Crippen molar-refractivity contribution in [3.05, 3.63) is 59.7 Å². The summed E-state index contributed by atoms with van der Waals surface area (Å²) >= 11 is 0. The molecule has 2 rings (SSSR count). The molecule has 0 bridgehead atoms. The van der Waals surface area contributed by atoms with Gasteiger partial charge in [0.1, 0.15) is 6.07 Å². The molecule has 0 spiro atoms. The van der Waals surface area contributed by atoms with Crippen LogP contribution in [0.3, 0.4) is 0 Å². The van der Waals surface area contributed by atoms with Gasteiger partial charge < -0.3 is 0 Å². The largest absolute Gasteiger partial charge is 0.280 e. The van der Waals surface area contributed by atoms with Gasteiger partial charge in [-0.2, -0.15) is 5.26 Å². The fourth-order valence-corrected chi connectivity index (χ4v) is 2.00. The van der Waals surface area contributed by atoms with Gasteiger partial charge in [0.15, 0.2) is 0 Å². The van der Waals surface area contributed by atoms with Crippen LogP contribution in [0.4, 0.5) is 11.4 Å². The maximum atomic E-state index is 11.9. The molecule has 2 aromatic carbocycles. The van der Waals surface area contributed by atoms with E-state index < -0.39 is 0 Å². The molecule has 1 amide bonds. The molecule has 0 fully saturated rings. The topological polar surface area (TPSA) is 44.1 Å². The summed E-state index contributed by atoms with van der Waals surface area (Å²) in [5, 5.41) is 9.23. The van der Waals surface area contributed by atoms with Gasteiger partial charge in [0, 0.05) is 12.6 Å². The Morgan fingerprint density at radius 3 is 2.42 bits per heavy atom. The molecule has 3 nitrogen and oxygen atoms in total. The van der Waals surface area contributed by atoms with Gasteiger partial charge >= 0.3 is 0 Å². The summed E-state index contributed by atoms with van der Waals surface area (Å²) in [4.78, 5) is 13.5. The number of nitrogens with zero attached hydrogens (tertiary/aromatic N) is 2. The summed E-state index contributed by atoms with van der Waals surface area (Å²) < 4.78 is 0. The standard InChI is InChI=1S/C16H14N2O/c1-12-8-9-16(14(10-12)11-17)18(13(2)19)15-6-4-3-5-7-15/h3-10H,1-2H3. The van der Waals surface area contributed by atoms with Gasteiger partial charge in [0.05, 0.1) is 11.3 Å². The Bertz CT molecular complexity index is 642. The van der Waals surface area contributed by atoms with E-state index in [1.807, 2.05) is 49.4 Å². The molecule has 0 aliphatic carbocycles. The van der Waals surface area contributed by atoms with Crippen LogP contribution in [-0.4, -0.2) is 5.91 Å². The number of benzene rings is 2. The molecule has 0 saturated carbocycles. The Morgan fingerprint density at radius 2 is 1.84 bits per heavy atom.